The maximum Gasteiger partial charge on any atom is 0.326 e. The molecule has 1 amide bonds. The van der Waals surface area contributed by atoms with Gasteiger partial charge in [-0.3, -0.25) is 4.79 Å². The molecular weight excluding hydrogens is 320 g/mol. The summed E-state index contributed by atoms with van der Waals surface area (Å²) in [6.45, 7) is 0.282. The average Bonchev–Trinajstić information content (AvgIpc) is 3.00. The highest BCUT2D eigenvalue weighted by molar-refractivity contribution is 5.99. The quantitative estimate of drug-likeness (QED) is 0.768. The Morgan fingerprint density at radius 3 is 2.68 bits per heavy atom. The lowest BCUT2D eigenvalue weighted by molar-refractivity contribution is -0.142. The first-order chi connectivity index (χ1) is 12.0. The van der Waals surface area contributed by atoms with E-state index < -0.39 is 12.0 Å². The van der Waals surface area contributed by atoms with Crippen molar-refractivity contribution in [2.24, 2.45) is 7.05 Å². The van der Waals surface area contributed by atoms with Gasteiger partial charge in [-0.25, -0.2) is 9.48 Å². The van der Waals surface area contributed by atoms with Crippen LogP contribution in [0.25, 0.3) is 11.0 Å². The molecule has 0 bridgehead atoms. The van der Waals surface area contributed by atoms with Gasteiger partial charge in [0.15, 0.2) is 0 Å². The van der Waals surface area contributed by atoms with Crippen LogP contribution in [-0.2, 0) is 24.8 Å². The Balaban J connectivity index is 1.72. The average molecular weight is 336 g/mol. The number of nitrogens with zero attached hydrogens (tertiary/aromatic N) is 4. The van der Waals surface area contributed by atoms with Gasteiger partial charge >= 0.3 is 5.97 Å². The van der Waals surface area contributed by atoms with Crippen molar-refractivity contribution in [2.75, 3.05) is 0 Å². The lowest BCUT2D eigenvalue weighted by atomic mass is 9.93. The zero-order chi connectivity index (χ0) is 17.6. The molecule has 1 aliphatic rings. The van der Waals surface area contributed by atoms with E-state index in [-0.39, 0.29) is 12.5 Å². The number of carbonyl (C=O) groups is 2. The van der Waals surface area contributed by atoms with Crippen LogP contribution in [0, 0.1) is 0 Å². The van der Waals surface area contributed by atoms with Gasteiger partial charge in [-0.15, -0.1) is 5.10 Å². The number of benzene rings is 2. The standard InChI is InChI=1S/C18H16N4O3/c1-21-15-7-6-12(8-14(15)19-20-21)17(23)22-10-13-5-3-2-4-11(13)9-16(22)18(24)25/h2-8,16H,9-10H2,1H3,(H,24,25)/t16-/m0/s1. The second kappa shape index (κ2) is 5.70. The summed E-state index contributed by atoms with van der Waals surface area (Å²) in [5, 5.41) is 17.5. The van der Waals surface area contributed by atoms with Gasteiger partial charge in [0.2, 0.25) is 0 Å². The Labute approximate surface area is 143 Å². The Bertz CT molecular complexity index is 995. The topological polar surface area (TPSA) is 88.3 Å². The van der Waals surface area contributed by atoms with E-state index in [1.165, 1.54) is 4.90 Å². The number of fused-ring (bicyclic) bond motifs is 2. The lowest BCUT2D eigenvalue weighted by Crippen LogP contribution is -2.48. The Hall–Kier alpha value is -3.22. The number of hydrogen-bond donors (Lipinski definition) is 1. The van der Waals surface area contributed by atoms with Crippen LogP contribution in [0.3, 0.4) is 0 Å². The minimum absolute atomic E-state index is 0.282. The summed E-state index contributed by atoms with van der Waals surface area (Å²) in [7, 11) is 1.78. The van der Waals surface area contributed by atoms with Crippen LogP contribution in [0.1, 0.15) is 21.5 Å². The van der Waals surface area contributed by atoms with E-state index in [4.69, 9.17) is 0 Å². The largest absolute Gasteiger partial charge is 0.480 e. The van der Waals surface area contributed by atoms with E-state index in [1.54, 1.807) is 29.9 Å². The number of hydrogen-bond acceptors (Lipinski definition) is 4. The van der Waals surface area contributed by atoms with Crippen molar-refractivity contribution >= 4 is 22.9 Å². The molecule has 2 aromatic carbocycles. The van der Waals surface area contributed by atoms with Gasteiger partial charge in [-0.05, 0) is 29.3 Å². The molecule has 0 fully saturated rings. The van der Waals surface area contributed by atoms with Gasteiger partial charge in [0.05, 0.1) is 5.52 Å². The monoisotopic (exact) mass is 336 g/mol. The van der Waals surface area contributed by atoms with Crippen LogP contribution in [0.15, 0.2) is 42.5 Å². The zero-order valence-corrected chi connectivity index (χ0v) is 13.6. The number of aromatic nitrogens is 3. The molecule has 1 N–H and O–H groups in total. The van der Waals surface area contributed by atoms with Crippen LogP contribution >= 0.6 is 0 Å². The van der Waals surface area contributed by atoms with E-state index in [0.29, 0.717) is 17.5 Å². The van der Waals surface area contributed by atoms with Crippen molar-refractivity contribution in [3.8, 4) is 0 Å². The van der Waals surface area contributed by atoms with E-state index in [9.17, 15) is 14.7 Å². The fraction of sp³-hybridized carbons (Fsp3) is 0.222. The van der Waals surface area contributed by atoms with Gasteiger partial charge in [0, 0.05) is 25.6 Å². The molecule has 0 spiro atoms. The number of aryl methyl sites for hydroxylation is 1. The molecule has 0 unspecified atom stereocenters. The third-order valence-corrected chi connectivity index (χ3v) is 4.65. The van der Waals surface area contributed by atoms with Gasteiger partial charge in [-0.2, -0.15) is 0 Å². The van der Waals surface area contributed by atoms with Crippen molar-refractivity contribution in [3.05, 3.63) is 59.2 Å². The fourth-order valence-corrected chi connectivity index (χ4v) is 3.30. The van der Waals surface area contributed by atoms with Crippen LogP contribution < -0.4 is 0 Å². The molecular formula is C18H16N4O3. The summed E-state index contributed by atoms with van der Waals surface area (Å²) in [5.41, 5.74) is 3.80. The first kappa shape index (κ1) is 15.3. The van der Waals surface area contributed by atoms with Crippen molar-refractivity contribution in [2.45, 2.75) is 19.0 Å². The van der Waals surface area contributed by atoms with Crippen LogP contribution in [0.2, 0.25) is 0 Å². The van der Waals surface area contributed by atoms with Crippen molar-refractivity contribution in [1.29, 1.82) is 0 Å². The number of carboxylic acid groups (broad SMARTS) is 1. The Morgan fingerprint density at radius 1 is 1.16 bits per heavy atom. The summed E-state index contributed by atoms with van der Waals surface area (Å²) in [4.78, 5) is 26.1. The molecule has 126 valence electrons. The van der Waals surface area contributed by atoms with E-state index >= 15 is 0 Å². The molecule has 1 aliphatic heterocycles. The highest BCUT2D eigenvalue weighted by atomic mass is 16.4. The Morgan fingerprint density at radius 2 is 1.92 bits per heavy atom. The molecule has 1 atom stereocenters. The summed E-state index contributed by atoms with van der Waals surface area (Å²) in [5.74, 6) is -1.31. The minimum atomic E-state index is -0.997. The third-order valence-electron chi connectivity index (χ3n) is 4.65. The Kier molecular flexibility index (Phi) is 3.49. The maximum atomic E-state index is 13.0. The summed E-state index contributed by atoms with van der Waals surface area (Å²) in [6.07, 6.45) is 0.310. The van der Waals surface area contributed by atoms with Crippen LogP contribution in [0.4, 0.5) is 0 Å². The van der Waals surface area contributed by atoms with E-state index in [2.05, 4.69) is 10.3 Å². The molecule has 0 radical (unpaired) electrons. The van der Waals surface area contributed by atoms with Gasteiger partial charge < -0.3 is 10.0 Å². The predicted molar refractivity (Wildman–Crippen MR) is 90.0 cm³/mol. The molecule has 0 aliphatic carbocycles. The summed E-state index contributed by atoms with van der Waals surface area (Å²) in [6, 6.07) is 11.9. The molecule has 0 saturated heterocycles. The number of aliphatic carboxylic acids is 1. The molecule has 2 heterocycles. The third kappa shape index (κ3) is 2.53. The minimum Gasteiger partial charge on any atom is -0.480 e. The molecule has 0 saturated carbocycles. The molecule has 7 nitrogen and oxygen atoms in total. The second-order valence-electron chi connectivity index (χ2n) is 6.18. The van der Waals surface area contributed by atoms with E-state index in [1.807, 2.05) is 24.3 Å². The lowest BCUT2D eigenvalue weighted by Gasteiger charge is -2.34. The SMILES string of the molecule is Cn1nnc2cc(C(=O)N3Cc4ccccc4C[C@H]3C(=O)O)ccc21. The van der Waals surface area contributed by atoms with Gasteiger partial charge in [0.25, 0.3) is 5.91 Å². The first-order valence-corrected chi connectivity index (χ1v) is 7.94. The summed E-state index contributed by atoms with van der Waals surface area (Å²) < 4.78 is 1.63. The normalized spacial score (nSPS) is 16.7. The smallest absolute Gasteiger partial charge is 0.326 e. The zero-order valence-electron chi connectivity index (χ0n) is 13.6. The number of rotatable bonds is 2. The molecule has 4 rings (SSSR count). The molecule has 7 heteroatoms. The molecule has 3 aromatic rings. The highest BCUT2D eigenvalue weighted by Crippen LogP contribution is 2.26. The number of amides is 1. The van der Waals surface area contributed by atoms with E-state index in [0.717, 1.165) is 16.6 Å². The van der Waals surface area contributed by atoms with Crippen LogP contribution in [0.5, 0.6) is 0 Å². The van der Waals surface area contributed by atoms with Crippen molar-refractivity contribution in [3.63, 3.8) is 0 Å². The van der Waals surface area contributed by atoms with Crippen LogP contribution in [-0.4, -0.2) is 42.9 Å². The predicted octanol–water partition coefficient (Wildman–Crippen LogP) is 1.62. The maximum absolute atomic E-state index is 13.0. The number of carbonyl (C=O) groups excluding carboxylic acids is 1. The first-order valence-electron chi connectivity index (χ1n) is 7.94. The highest BCUT2D eigenvalue weighted by Gasteiger charge is 2.35. The van der Waals surface area contributed by atoms with Gasteiger partial charge in [-0.1, -0.05) is 29.5 Å². The number of carboxylic acids is 1. The second-order valence-corrected chi connectivity index (χ2v) is 6.18. The van der Waals surface area contributed by atoms with Gasteiger partial charge in [0.1, 0.15) is 11.6 Å². The van der Waals surface area contributed by atoms with Crippen molar-refractivity contribution in [1.82, 2.24) is 19.9 Å². The van der Waals surface area contributed by atoms with Crippen molar-refractivity contribution < 1.29 is 14.7 Å². The molecule has 25 heavy (non-hydrogen) atoms. The molecule has 1 aromatic heterocycles. The summed E-state index contributed by atoms with van der Waals surface area (Å²) >= 11 is 0. The fourth-order valence-electron chi connectivity index (χ4n) is 3.30.